The first kappa shape index (κ1) is 39.1. The highest BCUT2D eigenvalue weighted by Gasteiger charge is 2.46. The number of imidazole rings is 1. The molecule has 0 N–H and O–H groups in total. The first-order valence-electron chi connectivity index (χ1n) is 17.8. The molecule has 1 amide bonds. The summed E-state index contributed by atoms with van der Waals surface area (Å²) in [7, 11) is 4.69. The summed E-state index contributed by atoms with van der Waals surface area (Å²) in [5, 5.41) is 0. The molecule has 0 radical (unpaired) electrons. The van der Waals surface area contributed by atoms with E-state index >= 15 is 0 Å². The van der Waals surface area contributed by atoms with E-state index in [2.05, 4.69) is 26.5 Å². The van der Waals surface area contributed by atoms with E-state index in [0.717, 1.165) is 67.8 Å². The second-order valence-electron chi connectivity index (χ2n) is 13.4. The fourth-order valence-corrected chi connectivity index (χ4v) is 7.61. The summed E-state index contributed by atoms with van der Waals surface area (Å²) < 4.78 is 52.9. The zero-order valence-corrected chi connectivity index (χ0v) is 31.4. The lowest BCUT2D eigenvalue weighted by Gasteiger charge is -2.31. The third-order valence-corrected chi connectivity index (χ3v) is 10.3. The van der Waals surface area contributed by atoms with Gasteiger partial charge in [0.15, 0.2) is 23.1 Å². The molecule has 4 aromatic rings. The molecule has 2 aliphatic rings. The van der Waals surface area contributed by atoms with Crippen molar-refractivity contribution in [2.24, 2.45) is 5.41 Å². The van der Waals surface area contributed by atoms with Crippen molar-refractivity contribution in [1.82, 2.24) is 19.4 Å². The van der Waals surface area contributed by atoms with Gasteiger partial charge in [0.05, 0.1) is 44.4 Å². The topological polar surface area (TPSA) is 81.5 Å². The van der Waals surface area contributed by atoms with Crippen LogP contribution in [0.5, 0.6) is 17.2 Å². The zero-order chi connectivity index (χ0) is 36.0. The van der Waals surface area contributed by atoms with Crippen LogP contribution in [0.3, 0.4) is 0 Å². The van der Waals surface area contributed by atoms with Crippen molar-refractivity contribution < 1.29 is 32.5 Å². The fourth-order valence-electron chi connectivity index (χ4n) is 7.61. The monoisotopic (exact) mass is 741 g/mol. The highest BCUT2D eigenvalue weighted by Crippen LogP contribution is 2.42. The molecule has 2 fully saturated rings. The van der Waals surface area contributed by atoms with Gasteiger partial charge in [0.25, 0.3) is 0 Å². The normalized spacial score (nSPS) is 18.1. The van der Waals surface area contributed by atoms with Gasteiger partial charge in [-0.1, -0.05) is 18.2 Å². The van der Waals surface area contributed by atoms with Crippen LogP contribution in [0, 0.1) is 17.0 Å². The van der Waals surface area contributed by atoms with Gasteiger partial charge < -0.3 is 38.2 Å². The van der Waals surface area contributed by atoms with Gasteiger partial charge in [0.2, 0.25) is 17.6 Å². The summed E-state index contributed by atoms with van der Waals surface area (Å²) in [4.78, 5) is 26.1. The number of hydrogen-bond donors (Lipinski definition) is 0. The molecule has 2 aliphatic heterocycles. The van der Waals surface area contributed by atoms with Gasteiger partial charge in [-0.2, -0.15) is 0 Å². The zero-order valence-electron chi connectivity index (χ0n) is 30.5. The summed E-state index contributed by atoms with van der Waals surface area (Å²) in [6.45, 7) is 9.02. The Morgan fingerprint density at radius 3 is 2.33 bits per heavy atom. The molecular weight excluding hydrogens is 692 g/mol. The maximum Gasteiger partial charge on any atom is 0.229 e. The van der Waals surface area contributed by atoms with Crippen LogP contribution >= 0.6 is 12.4 Å². The van der Waals surface area contributed by atoms with Crippen molar-refractivity contribution in [2.75, 3.05) is 78.7 Å². The van der Waals surface area contributed by atoms with E-state index in [1.165, 1.54) is 6.07 Å². The molecule has 3 heterocycles. The number of para-hydroxylation sites is 2. The van der Waals surface area contributed by atoms with Crippen molar-refractivity contribution in [2.45, 2.75) is 45.7 Å². The van der Waals surface area contributed by atoms with Gasteiger partial charge in [-0.15, -0.1) is 12.4 Å². The minimum Gasteiger partial charge on any atom is -0.493 e. The summed E-state index contributed by atoms with van der Waals surface area (Å²) >= 11 is 0. The Morgan fingerprint density at radius 1 is 0.846 bits per heavy atom. The van der Waals surface area contributed by atoms with Crippen molar-refractivity contribution >= 4 is 35.3 Å². The van der Waals surface area contributed by atoms with Gasteiger partial charge in [-0.3, -0.25) is 4.79 Å². The second-order valence-corrected chi connectivity index (χ2v) is 13.4. The highest BCUT2D eigenvalue weighted by atomic mass is 35.5. The molecule has 10 nitrogen and oxygen atoms in total. The molecule has 0 saturated carbocycles. The average molecular weight is 742 g/mol. The minimum absolute atomic E-state index is 0. The number of methoxy groups -OCH3 is 3. The average Bonchev–Trinajstić information content (AvgIpc) is 3.54. The molecule has 0 bridgehead atoms. The summed E-state index contributed by atoms with van der Waals surface area (Å²) in [6.07, 6.45) is 2.49. The van der Waals surface area contributed by atoms with Gasteiger partial charge >= 0.3 is 0 Å². The Balaban J connectivity index is 0.00000523. The Bertz CT molecular complexity index is 1800. The van der Waals surface area contributed by atoms with Crippen LogP contribution in [-0.4, -0.2) is 99.1 Å². The number of hydrogen-bond acceptors (Lipinski definition) is 8. The van der Waals surface area contributed by atoms with Gasteiger partial charge in [-0.05, 0) is 93.2 Å². The molecule has 6 rings (SSSR count). The van der Waals surface area contributed by atoms with E-state index in [9.17, 15) is 13.6 Å². The third-order valence-electron chi connectivity index (χ3n) is 10.3. The number of benzene rings is 3. The van der Waals surface area contributed by atoms with Crippen molar-refractivity contribution in [3.05, 3.63) is 77.4 Å². The third kappa shape index (κ3) is 8.40. The number of carbonyl (C=O) groups is 1. The number of ether oxygens (including phenoxy) is 4. The Labute approximate surface area is 311 Å². The molecule has 0 aliphatic carbocycles. The van der Waals surface area contributed by atoms with Crippen LogP contribution in [-0.2, 0) is 29.0 Å². The SMILES string of the molecule is CCOCCn1c(N2CCCN(CCC3(Cc4ccc(F)c(F)c4)CCN(Cc4cc(OC)c(OC)c(OC)c4)C3=O)CC2)nc2ccccc21.Cl. The maximum atomic E-state index is 14.5. The number of likely N-dealkylation sites (tertiary alicyclic amines) is 1. The molecule has 0 spiro atoms. The number of fused-ring (bicyclic) bond motifs is 1. The predicted octanol–water partition coefficient (Wildman–Crippen LogP) is 6.36. The lowest BCUT2D eigenvalue weighted by atomic mass is 9.77. The number of aromatic nitrogens is 2. The molecular formula is C39H50ClF2N5O5. The number of carbonyl (C=O) groups excluding carboxylic acids is 1. The Hall–Kier alpha value is -4.13. The van der Waals surface area contributed by atoms with Crippen LogP contribution in [0.1, 0.15) is 37.3 Å². The van der Waals surface area contributed by atoms with Gasteiger partial charge in [0, 0.05) is 45.9 Å². The highest BCUT2D eigenvalue weighted by molar-refractivity contribution is 5.86. The van der Waals surface area contributed by atoms with Crippen LogP contribution in [0.4, 0.5) is 14.7 Å². The fraction of sp³-hybridized carbons (Fsp3) is 0.487. The Morgan fingerprint density at radius 2 is 1.62 bits per heavy atom. The van der Waals surface area contributed by atoms with Crippen molar-refractivity contribution in [3.8, 4) is 17.2 Å². The first-order valence-corrected chi connectivity index (χ1v) is 17.8. The summed E-state index contributed by atoms with van der Waals surface area (Å²) in [5.41, 5.74) is 2.78. The standard InChI is InChI=1S/C39H49F2N5O5.ClH/c1-5-51-22-21-46-33-10-7-6-9-32(33)42-38(46)44-16-8-15-43(19-20-44)17-13-39(26-28-11-12-30(40)31(41)23-28)14-18-45(37(39)47)27-29-24-34(48-2)36(50-4)35(25-29)49-3;/h6-7,9-12,23-25H,5,8,13-22,26-27H2,1-4H3;1H. The Kier molecular flexibility index (Phi) is 13.2. The number of amides is 1. The van der Waals surface area contributed by atoms with Gasteiger partial charge in [-0.25, -0.2) is 13.8 Å². The molecule has 282 valence electrons. The van der Waals surface area contributed by atoms with E-state index in [0.29, 0.717) is 74.9 Å². The van der Waals surface area contributed by atoms with Gasteiger partial charge in [0.1, 0.15) is 0 Å². The number of halogens is 3. The van der Waals surface area contributed by atoms with Crippen LogP contribution in [0.25, 0.3) is 11.0 Å². The second kappa shape index (κ2) is 17.6. The molecule has 13 heteroatoms. The minimum atomic E-state index is -0.901. The quantitative estimate of drug-likeness (QED) is 0.130. The van der Waals surface area contributed by atoms with Crippen LogP contribution < -0.4 is 19.1 Å². The van der Waals surface area contributed by atoms with Crippen LogP contribution in [0.15, 0.2) is 54.6 Å². The number of anilines is 1. The molecule has 1 unspecified atom stereocenters. The van der Waals surface area contributed by atoms with E-state index in [-0.39, 0.29) is 18.3 Å². The number of rotatable bonds is 15. The van der Waals surface area contributed by atoms with Crippen molar-refractivity contribution in [3.63, 3.8) is 0 Å². The first-order chi connectivity index (χ1) is 24.8. The lowest BCUT2D eigenvalue weighted by molar-refractivity contribution is -0.137. The van der Waals surface area contributed by atoms with Crippen molar-refractivity contribution in [1.29, 1.82) is 0 Å². The summed E-state index contributed by atoms with van der Waals surface area (Å²) in [5.74, 6) is 0.708. The van der Waals surface area contributed by atoms with E-state index in [1.807, 2.05) is 36.1 Å². The smallest absolute Gasteiger partial charge is 0.229 e. The number of nitrogens with zero attached hydrogens (tertiary/aromatic N) is 5. The predicted molar refractivity (Wildman–Crippen MR) is 200 cm³/mol. The molecule has 3 aromatic carbocycles. The van der Waals surface area contributed by atoms with E-state index in [4.69, 9.17) is 23.9 Å². The summed E-state index contributed by atoms with van der Waals surface area (Å²) in [6, 6.07) is 15.9. The van der Waals surface area contributed by atoms with E-state index < -0.39 is 17.0 Å². The lowest BCUT2D eigenvalue weighted by Crippen LogP contribution is -2.40. The molecule has 1 aromatic heterocycles. The van der Waals surface area contributed by atoms with Crippen LogP contribution in [0.2, 0.25) is 0 Å². The van der Waals surface area contributed by atoms with E-state index in [1.54, 1.807) is 27.4 Å². The maximum absolute atomic E-state index is 14.5. The molecule has 1 atom stereocenters. The molecule has 52 heavy (non-hydrogen) atoms. The largest absolute Gasteiger partial charge is 0.493 e. The molecule has 2 saturated heterocycles.